The molecule has 1 rings (SSSR count). The monoisotopic (exact) mass is 241 g/mol. The van der Waals surface area contributed by atoms with E-state index >= 15 is 0 Å². The van der Waals surface area contributed by atoms with Gasteiger partial charge in [-0.25, -0.2) is 14.8 Å². The standard InChI is InChI=1S/C10H12ClN3O2/c1-6-13-9(11)7(10(12-2)14-6)4-5-8(15)16-3/h4-5H,1-3H3,(H,12,13,14). The average Bonchev–Trinajstić information content (AvgIpc) is 2.26. The number of nitrogens with one attached hydrogen (secondary N) is 1. The third kappa shape index (κ3) is 2.93. The van der Waals surface area contributed by atoms with E-state index in [1.807, 2.05) is 0 Å². The van der Waals surface area contributed by atoms with E-state index in [2.05, 4.69) is 20.0 Å². The van der Waals surface area contributed by atoms with Crippen LogP contribution < -0.4 is 5.32 Å². The molecule has 5 nitrogen and oxygen atoms in total. The van der Waals surface area contributed by atoms with Crippen molar-refractivity contribution in [2.75, 3.05) is 19.5 Å². The average molecular weight is 242 g/mol. The van der Waals surface area contributed by atoms with Crippen molar-refractivity contribution in [3.63, 3.8) is 0 Å². The van der Waals surface area contributed by atoms with Crippen molar-refractivity contribution < 1.29 is 9.53 Å². The first-order valence-corrected chi connectivity index (χ1v) is 4.94. The number of halogens is 1. The Hall–Kier alpha value is -1.62. The molecule has 1 aromatic rings. The number of carbonyl (C=O) groups is 1. The van der Waals surface area contributed by atoms with Gasteiger partial charge in [-0.3, -0.25) is 0 Å². The Kier molecular flexibility index (Phi) is 4.25. The van der Waals surface area contributed by atoms with Crippen LogP contribution in [0.1, 0.15) is 11.4 Å². The highest BCUT2D eigenvalue weighted by molar-refractivity contribution is 6.31. The number of ether oxygens (including phenoxy) is 1. The second-order valence-electron chi connectivity index (χ2n) is 2.93. The molecule has 0 bridgehead atoms. The maximum Gasteiger partial charge on any atom is 0.330 e. The topological polar surface area (TPSA) is 64.1 Å². The van der Waals surface area contributed by atoms with Crippen LogP contribution in [0.25, 0.3) is 6.08 Å². The molecular formula is C10H12ClN3O2. The number of hydrogen-bond acceptors (Lipinski definition) is 5. The van der Waals surface area contributed by atoms with E-state index in [1.54, 1.807) is 14.0 Å². The van der Waals surface area contributed by atoms with Crippen LogP contribution in [-0.4, -0.2) is 30.1 Å². The summed E-state index contributed by atoms with van der Waals surface area (Å²) >= 11 is 5.95. The second-order valence-corrected chi connectivity index (χ2v) is 3.29. The van der Waals surface area contributed by atoms with Crippen molar-refractivity contribution in [1.29, 1.82) is 0 Å². The summed E-state index contributed by atoms with van der Waals surface area (Å²) in [5.74, 6) is 0.668. The lowest BCUT2D eigenvalue weighted by Crippen LogP contribution is -2.01. The van der Waals surface area contributed by atoms with Gasteiger partial charge in [0.25, 0.3) is 0 Å². The van der Waals surface area contributed by atoms with Gasteiger partial charge in [0.05, 0.1) is 12.7 Å². The first-order chi connectivity index (χ1) is 7.58. The zero-order chi connectivity index (χ0) is 12.1. The van der Waals surface area contributed by atoms with E-state index < -0.39 is 5.97 Å². The number of carbonyl (C=O) groups excluding carboxylic acids is 1. The van der Waals surface area contributed by atoms with Gasteiger partial charge in [0, 0.05) is 13.1 Å². The maximum absolute atomic E-state index is 10.9. The van der Waals surface area contributed by atoms with Crippen molar-refractivity contribution in [3.05, 3.63) is 22.6 Å². The molecular weight excluding hydrogens is 230 g/mol. The van der Waals surface area contributed by atoms with Gasteiger partial charge in [0.2, 0.25) is 0 Å². The molecule has 86 valence electrons. The van der Waals surface area contributed by atoms with Crippen molar-refractivity contribution in [2.24, 2.45) is 0 Å². The summed E-state index contributed by atoms with van der Waals surface area (Å²) in [7, 11) is 3.02. The molecule has 0 aliphatic carbocycles. The Morgan fingerprint density at radius 2 is 2.19 bits per heavy atom. The normalized spacial score (nSPS) is 10.5. The Morgan fingerprint density at radius 3 is 2.75 bits per heavy atom. The predicted octanol–water partition coefficient (Wildman–Crippen LogP) is 1.67. The highest BCUT2D eigenvalue weighted by Gasteiger charge is 2.08. The Labute approximate surface area is 98.5 Å². The summed E-state index contributed by atoms with van der Waals surface area (Å²) in [4.78, 5) is 19.1. The highest BCUT2D eigenvalue weighted by Crippen LogP contribution is 2.22. The lowest BCUT2D eigenvalue weighted by molar-refractivity contribution is -0.134. The van der Waals surface area contributed by atoms with Gasteiger partial charge in [0.15, 0.2) is 0 Å². The van der Waals surface area contributed by atoms with Crippen molar-refractivity contribution >= 4 is 29.5 Å². The number of aromatic nitrogens is 2. The third-order valence-corrected chi connectivity index (χ3v) is 2.12. The van der Waals surface area contributed by atoms with Gasteiger partial charge in [0.1, 0.15) is 16.8 Å². The van der Waals surface area contributed by atoms with E-state index in [0.717, 1.165) is 0 Å². The number of hydrogen-bond donors (Lipinski definition) is 1. The fourth-order valence-electron chi connectivity index (χ4n) is 1.10. The fraction of sp³-hybridized carbons (Fsp3) is 0.300. The largest absolute Gasteiger partial charge is 0.466 e. The summed E-state index contributed by atoms with van der Waals surface area (Å²) in [6, 6.07) is 0. The summed E-state index contributed by atoms with van der Waals surface area (Å²) in [6.45, 7) is 1.74. The number of aryl methyl sites for hydroxylation is 1. The molecule has 0 saturated carbocycles. The molecule has 0 radical (unpaired) electrons. The highest BCUT2D eigenvalue weighted by atomic mass is 35.5. The summed E-state index contributed by atoms with van der Waals surface area (Å²) in [5, 5.41) is 3.17. The van der Waals surface area contributed by atoms with E-state index in [-0.39, 0.29) is 5.15 Å². The molecule has 1 aromatic heterocycles. The molecule has 0 aliphatic rings. The van der Waals surface area contributed by atoms with E-state index in [4.69, 9.17) is 11.6 Å². The van der Waals surface area contributed by atoms with E-state index in [9.17, 15) is 4.79 Å². The zero-order valence-electron chi connectivity index (χ0n) is 9.24. The lowest BCUT2D eigenvalue weighted by Gasteiger charge is -2.06. The third-order valence-electron chi connectivity index (χ3n) is 1.84. The van der Waals surface area contributed by atoms with Crippen LogP contribution in [0.15, 0.2) is 6.08 Å². The Morgan fingerprint density at radius 1 is 1.50 bits per heavy atom. The minimum Gasteiger partial charge on any atom is -0.466 e. The van der Waals surface area contributed by atoms with Crippen LogP contribution in [0, 0.1) is 6.92 Å². The van der Waals surface area contributed by atoms with Crippen LogP contribution >= 0.6 is 11.6 Å². The Balaban J connectivity index is 3.12. The van der Waals surface area contributed by atoms with Gasteiger partial charge < -0.3 is 10.1 Å². The number of rotatable bonds is 3. The smallest absolute Gasteiger partial charge is 0.330 e. The molecule has 0 saturated heterocycles. The number of anilines is 1. The minimum absolute atomic E-state index is 0.289. The number of esters is 1. The van der Waals surface area contributed by atoms with Crippen LogP contribution in [0.3, 0.4) is 0 Å². The maximum atomic E-state index is 10.9. The van der Waals surface area contributed by atoms with Gasteiger partial charge in [-0.1, -0.05) is 11.6 Å². The van der Waals surface area contributed by atoms with Crippen molar-refractivity contribution in [1.82, 2.24) is 9.97 Å². The molecule has 0 atom stereocenters. The SMILES string of the molecule is CNc1nc(C)nc(Cl)c1C=CC(=O)OC. The molecule has 0 fully saturated rings. The molecule has 0 unspecified atom stereocenters. The zero-order valence-corrected chi connectivity index (χ0v) is 10.00. The number of methoxy groups -OCH3 is 1. The van der Waals surface area contributed by atoms with Crippen LogP contribution in [0.2, 0.25) is 5.15 Å². The molecule has 0 amide bonds. The quantitative estimate of drug-likeness (QED) is 0.495. The van der Waals surface area contributed by atoms with E-state index in [1.165, 1.54) is 19.3 Å². The summed E-state index contributed by atoms with van der Waals surface area (Å²) in [5.41, 5.74) is 0.556. The Bertz CT molecular complexity index is 432. The van der Waals surface area contributed by atoms with Crippen molar-refractivity contribution in [2.45, 2.75) is 6.92 Å². The summed E-state index contributed by atoms with van der Waals surface area (Å²) < 4.78 is 4.48. The fourth-order valence-corrected chi connectivity index (χ4v) is 1.38. The second kappa shape index (κ2) is 5.46. The number of nitrogens with zero attached hydrogens (tertiary/aromatic N) is 2. The molecule has 0 aromatic carbocycles. The predicted molar refractivity (Wildman–Crippen MR) is 62.4 cm³/mol. The molecule has 6 heteroatoms. The van der Waals surface area contributed by atoms with Crippen LogP contribution in [0.5, 0.6) is 0 Å². The first kappa shape index (κ1) is 12.4. The minimum atomic E-state index is -0.460. The van der Waals surface area contributed by atoms with Crippen LogP contribution in [-0.2, 0) is 9.53 Å². The van der Waals surface area contributed by atoms with Gasteiger partial charge in [-0.15, -0.1) is 0 Å². The molecule has 16 heavy (non-hydrogen) atoms. The van der Waals surface area contributed by atoms with Gasteiger partial charge in [-0.2, -0.15) is 0 Å². The molecule has 1 N–H and O–H groups in total. The molecule has 0 aliphatic heterocycles. The van der Waals surface area contributed by atoms with E-state index in [0.29, 0.717) is 17.2 Å². The van der Waals surface area contributed by atoms with Gasteiger partial charge >= 0.3 is 5.97 Å². The molecule has 1 heterocycles. The first-order valence-electron chi connectivity index (χ1n) is 4.56. The van der Waals surface area contributed by atoms with Gasteiger partial charge in [-0.05, 0) is 13.0 Å². The summed E-state index contributed by atoms with van der Waals surface area (Å²) in [6.07, 6.45) is 2.78. The van der Waals surface area contributed by atoms with Crippen molar-refractivity contribution in [3.8, 4) is 0 Å². The molecule has 0 spiro atoms. The van der Waals surface area contributed by atoms with Crippen LogP contribution in [0.4, 0.5) is 5.82 Å². The lowest BCUT2D eigenvalue weighted by atomic mass is 10.2.